The molecular formula is C13H18N4. The Kier molecular flexibility index (Phi) is 3.75. The highest BCUT2D eigenvalue weighted by molar-refractivity contribution is 5.39. The van der Waals surface area contributed by atoms with Crippen LogP contribution >= 0.6 is 0 Å². The third-order valence-corrected chi connectivity index (χ3v) is 2.77. The van der Waals surface area contributed by atoms with Crippen LogP contribution in [0.5, 0.6) is 0 Å². The van der Waals surface area contributed by atoms with Crippen molar-refractivity contribution in [1.29, 1.82) is 0 Å². The molecule has 2 N–H and O–H groups in total. The molecule has 0 spiro atoms. The van der Waals surface area contributed by atoms with Gasteiger partial charge >= 0.3 is 0 Å². The van der Waals surface area contributed by atoms with E-state index in [1.54, 1.807) is 0 Å². The number of rotatable bonds is 5. The molecule has 0 aliphatic rings. The lowest BCUT2D eigenvalue weighted by molar-refractivity contribution is 0.684. The lowest BCUT2D eigenvalue weighted by atomic mass is 10.2. The monoisotopic (exact) mass is 230 g/mol. The average Bonchev–Trinajstić information content (AvgIpc) is 2.72. The predicted octanol–water partition coefficient (Wildman–Crippen LogP) is 2.58. The first-order valence-electron chi connectivity index (χ1n) is 6.08. The fourth-order valence-corrected chi connectivity index (χ4v) is 1.88. The normalized spacial score (nSPS) is 10.6. The maximum atomic E-state index is 5.87. The number of hydrogen-bond donors (Lipinski definition) is 1. The van der Waals surface area contributed by atoms with Gasteiger partial charge in [0.05, 0.1) is 5.69 Å². The summed E-state index contributed by atoms with van der Waals surface area (Å²) in [6, 6.07) is 10.0. The molecule has 4 heteroatoms. The largest absolute Gasteiger partial charge is 0.368 e. The van der Waals surface area contributed by atoms with Gasteiger partial charge in [-0.25, -0.2) is 0 Å². The summed E-state index contributed by atoms with van der Waals surface area (Å²) in [5.74, 6) is 1.41. The van der Waals surface area contributed by atoms with E-state index in [2.05, 4.69) is 17.1 Å². The summed E-state index contributed by atoms with van der Waals surface area (Å²) in [5.41, 5.74) is 6.90. The van der Waals surface area contributed by atoms with E-state index in [1.165, 1.54) is 12.8 Å². The Morgan fingerprint density at radius 3 is 2.59 bits per heavy atom. The van der Waals surface area contributed by atoms with Crippen LogP contribution in [0, 0.1) is 0 Å². The van der Waals surface area contributed by atoms with Gasteiger partial charge in [-0.1, -0.05) is 38.0 Å². The smallest absolute Gasteiger partial charge is 0.226 e. The fraction of sp³-hybridized carbons (Fsp3) is 0.385. The van der Waals surface area contributed by atoms with E-state index in [4.69, 9.17) is 5.73 Å². The molecule has 4 nitrogen and oxygen atoms in total. The van der Waals surface area contributed by atoms with Gasteiger partial charge in [-0.2, -0.15) is 0 Å². The number of nitrogens with two attached hydrogens (primary N) is 1. The molecule has 1 aromatic heterocycles. The molecule has 0 radical (unpaired) electrons. The molecule has 0 atom stereocenters. The highest BCUT2D eigenvalue weighted by atomic mass is 15.3. The van der Waals surface area contributed by atoms with Crippen molar-refractivity contribution in [3.05, 3.63) is 36.2 Å². The molecule has 2 aromatic rings. The van der Waals surface area contributed by atoms with Gasteiger partial charge in [0, 0.05) is 6.42 Å². The topological polar surface area (TPSA) is 56.7 Å². The molecule has 1 aromatic carbocycles. The number of hydrogen-bond acceptors (Lipinski definition) is 3. The van der Waals surface area contributed by atoms with Crippen LogP contribution in [-0.2, 0) is 6.42 Å². The lowest BCUT2D eigenvalue weighted by Crippen LogP contribution is -2.05. The average molecular weight is 230 g/mol. The number of nitrogens with zero attached hydrogens (tertiary/aromatic N) is 3. The zero-order chi connectivity index (χ0) is 12.1. The van der Waals surface area contributed by atoms with Crippen LogP contribution in [0.2, 0.25) is 0 Å². The Balaban J connectivity index is 2.24. The molecule has 0 fully saturated rings. The van der Waals surface area contributed by atoms with E-state index < -0.39 is 0 Å². The van der Waals surface area contributed by atoms with Crippen molar-refractivity contribution in [3.63, 3.8) is 0 Å². The Morgan fingerprint density at radius 2 is 1.88 bits per heavy atom. The summed E-state index contributed by atoms with van der Waals surface area (Å²) < 4.78 is 1.93. The second-order valence-corrected chi connectivity index (χ2v) is 4.10. The van der Waals surface area contributed by atoms with Gasteiger partial charge in [-0.05, 0) is 18.6 Å². The van der Waals surface area contributed by atoms with Crippen molar-refractivity contribution in [3.8, 4) is 5.69 Å². The first kappa shape index (κ1) is 11.6. The number of para-hydroxylation sites is 1. The summed E-state index contributed by atoms with van der Waals surface area (Å²) in [7, 11) is 0. The molecule has 0 saturated carbocycles. The second-order valence-electron chi connectivity index (χ2n) is 4.10. The third-order valence-electron chi connectivity index (χ3n) is 2.77. The van der Waals surface area contributed by atoms with Gasteiger partial charge in [0.15, 0.2) is 0 Å². The Hall–Kier alpha value is -1.84. The molecule has 0 amide bonds. The number of aryl methyl sites for hydroxylation is 1. The van der Waals surface area contributed by atoms with Crippen LogP contribution in [0.1, 0.15) is 32.0 Å². The van der Waals surface area contributed by atoms with E-state index in [0.717, 1.165) is 24.4 Å². The second kappa shape index (κ2) is 5.48. The molecule has 1 heterocycles. The van der Waals surface area contributed by atoms with E-state index >= 15 is 0 Å². The van der Waals surface area contributed by atoms with Gasteiger partial charge < -0.3 is 5.73 Å². The molecule has 0 aliphatic carbocycles. The minimum Gasteiger partial charge on any atom is -0.368 e. The number of unbranched alkanes of at least 4 members (excludes halogenated alkanes) is 2. The van der Waals surface area contributed by atoms with Crippen molar-refractivity contribution in [2.24, 2.45) is 0 Å². The quantitative estimate of drug-likeness (QED) is 0.803. The van der Waals surface area contributed by atoms with Crippen molar-refractivity contribution in [2.45, 2.75) is 32.6 Å². The number of benzene rings is 1. The van der Waals surface area contributed by atoms with Crippen molar-refractivity contribution in [2.75, 3.05) is 5.73 Å². The first-order chi connectivity index (χ1) is 8.33. The van der Waals surface area contributed by atoms with E-state index in [9.17, 15) is 0 Å². The fourth-order valence-electron chi connectivity index (χ4n) is 1.88. The predicted molar refractivity (Wildman–Crippen MR) is 69.0 cm³/mol. The van der Waals surface area contributed by atoms with Crippen LogP contribution in [0.3, 0.4) is 0 Å². The van der Waals surface area contributed by atoms with Gasteiger partial charge in [-0.15, -0.1) is 10.2 Å². The first-order valence-corrected chi connectivity index (χ1v) is 6.08. The number of nitrogen functional groups attached to an aromatic ring is 1. The maximum Gasteiger partial charge on any atom is 0.226 e. The lowest BCUT2D eigenvalue weighted by Gasteiger charge is -2.07. The van der Waals surface area contributed by atoms with Gasteiger partial charge in [0.1, 0.15) is 5.82 Å². The molecule has 0 bridgehead atoms. The maximum absolute atomic E-state index is 5.87. The molecule has 17 heavy (non-hydrogen) atoms. The molecule has 0 unspecified atom stereocenters. The summed E-state index contributed by atoms with van der Waals surface area (Å²) >= 11 is 0. The molecule has 0 saturated heterocycles. The third kappa shape index (κ3) is 2.64. The van der Waals surface area contributed by atoms with Crippen LogP contribution < -0.4 is 5.73 Å². The molecular weight excluding hydrogens is 212 g/mol. The van der Waals surface area contributed by atoms with Crippen molar-refractivity contribution < 1.29 is 0 Å². The Labute approximate surface area is 101 Å². The molecule has 2 rings (SSSR count). The minimum absolute atomic E-state index is 0.461. The summed E-state index contributed by atoms with van der Waals surface area (Å²) in [4.78, 5) is 0. The number of aromatic nitrogens is 3. The van der Waals surface area contributed by atoms with Crippen LogP contribution in [-0.4, -0.2) is 14.8 Å². The molecule has 90 valence electrons. The summed E-state index contributed by atoms with van der Waals surface area (Å²) in [6.45, 7) is 2.19. The van der Waals surface area contributed by atoms with Crippen LogP contribution in [0.4, 0.5) is 5.95 Å². The van der Waals surface area contributed by atoms with E-state index in [-0.39, 0.29) is 0 Å². The number of anilines is 1. The Bertz CT molecular complexity index is 462. The van der Waals surface area contributed by atoms with Gasteiger partial charge in [0.2, 0.25) is 5.95 Å². The van der Waals surface area contributed by atoms with Crippen molar-refractivity contribution in [1.82, 2.24) is 14.8 Å². The van der Waals surface area contributed by atoms with Crippen LogP contribution in [0.15, 0.2) is 30.3 Å². The van der Waals surface area contributed by atoms with E-state index in [1.807, 2.05) is 34.9 Å². The highest BCUT2D eigenvalue weighted by Crippen LogP contribution is 2.16. The summed E-state index contributed by atoms with van der Waals surface area (Å²) in [6.07, 6.45) is 4.46. The van der Waals surface area contributed by atoms with Crippen molar-refractivity contribution >= 4 is 5.95 Å². The van der Waals surface area contributed by atoms with Crippen LogP contribution in [0.25, 0.3) is 5.69 Å². The van der Waals surface area contributed by atoms with Gasteiger partial charge in [0.25, 0.3) is 0 Å². The summed E-state index contributed by atoms with van der Waals surface area (Å²) in [5, 5.41) is 8.11. The Morgan fingerprint density at radius 1 is 1.12 bits per heavy atom. The van der Waals surface area contributed by atoms with E-state index in [0.29, 0.717) is 5.95 Å². The molecule has 0 aliphatic heterocycles. The highest BCUT2D eigenvalue weighted by Gasteiger charge is 2.10. The standard InChI is InChI=1S/C13H18N4/c1-2-3-5-10-12-15-16-13(14)17(12)11-8-6-4-7-9-11/h4,6-9H,2-3,5,10H2,1H3,(H2,14,16). The van der Waals surface area contributed by atoms with Gasteiger partial charge in [-0.3, -0.25) is 4.57 Å². The minimum atomic E-state index is 0.461. The zero-order valence-electron chi connectivity index (χ0n) is 10.1. The SMILES string of the molecule is CCCCCc1nnc(N)n1-c1ccccc1. The zero-order valence-corrected chi connectivity index (χ0v) is 10.1.